The molecule has 1 heterocycles. The summed E-state index contributed by atoms with van der Waals surface area (Å²) in [6, 6.07) is 15.0. The average molecular weight is 395 g/mol. The predicted octanol–water partition coefficient (Wildman–Crippen LogP) is 5.38. The van der Waals surface area contributed by atoms with Crippen LogP contribution in [0.3, 0.4) is 0 Å². The van der Waals surface area contributed by atoms with E-state index in [1.54, 1.807) is 49.4 Å². The van der Waals surface area contributed by atoms with Crippen molar-refractivity contribution in [2.75, 3.05) is 11.9 Å². The highest BCUT2D eigenvalue weighted by Crippen LogP contribution is 2.29. The highest BCUT2D eigenvalue weighted by molar-refractivity contribution is 7.12. The molecule has 4 nitrogen and oxygen atoms in total. The van der Waals surface area contributed by atoms with E-state index >= 15 is 0 Å². The van der Waals surface area contributed by atoms with Gasteiger partial charge in [0, 0.05) is 17.3 Å². The lowest BCUT2D eigenvalue weighted by Crippen LogP contribution is -2.11. The lowest BCUT2D eigenvalue weighted by molar-refractivity contribution is -0.137. The molecule has 0 aliphatic heterocycles. The quantitative estimate of drug-likeness (QED) is 0.450. The Morgan fingerprint density at radius 2 is 1.79 bits per heavy atom. The smallest absolute Gasteiger partial charge is 0.330 e. The second-order valence-corrected chi connectivity index (χ2v) is 6.75. The number of halogens is 1. The van der Waals surface area contributed by atoms with Crippen LogP contribution in [0, 0.1) is 5.82 Å². The van der Waals surface area contributed by atoms with Crippen molar-refractivity contribution in [3.63, 3.8) is 0 Å². The van der Waals surface area contributed by atoms with E-state index in [0.29, 0.717) is 17.2 Å². The molecule has 0 atom stereocenters. The zero-order valence-corrected chi connectivity index (χ0v) is 16.0. The van der Waals surface area contributed by atoms with Crippen molar-refractivity contribution in [2.24, 2.45) is 0 Å². The van der Waals surface area contributed by atoms with E-state index in [2.05, 4.69) is 5.32 Å². The highest BCUT2D eigenvalue weighted by atomic mass is 32.1. The first-order valence-electron chi connectivity index (χ1n) is 8.66. The van der Waals surface area contributed by atoms with Crippen molar-refractivity contribution in [1.29, 1.82) is 0 Å². The zero-order chi connectivity index (χ0) is 19.9. The summed E-state index contributed by atoms with van der Waals surface area (Å²) in [7, 11) is 0. The van der Waals surface area contributed by atoms with Crippen molar-refractivity contribution in [2.45, 2.75) is 6.92 Å². The van der Waals surface area contributed by atoms with Crippen molar-refractivity contribution in [3.8, 4) is 11.1 Å². The van der Waals surface area contributed by atoms with Crippen LogP contribution < -0.4 is 5.32 Å². The molecule has 2 aromatic carbocycles. The molecule has 0 saturated heterocycles. The number of rotatable bonds is 6. The van der Waals surface area contributed by atoms with E-state index < -0.39 is 5.97 Å². The lowest BCUT2D eigenvalue weighted by atomic mass is 10.1. The Morgan fingerprint density at radius 3 is 2.46 bits per heavy atom. The minimum absolute atomic E-state index is 0.232. The van der Waals surface area contributed by atoms with E-state index in [-0.39, 0.29) is 11.7 Å². The Labute approximate surface area is 166 Å². The number of nitrogens with one attached hydrogen (secondary N) is 1. The monoisotopic (exact) mass is 395 g/mol. The molecule has 0 spiro atoms. The number of hydrogen-bond acceptors (Lipinski definition) is 4. The van der Waals surface area contributed by atoms with E-state index in [1.807, 2.05) is 11.4 Å². The van der Waals surface area contributed by atoms with Gasteiger partial charge in [-0.15, -0.1) is 11.3 Å². The summed E-state index contributed by atoms with van der Waals surface area (Å²) >= 11 is 1.33. The summed E-state index contributed by atoms with van der Waals surface area (Å²) in [5.41, 5.74) is 3.00. The van der Waals surface area contributed by atoms with Gasteiger partial charge in [-0.1, -0.05) is 24.3 Å². The average Bonchev–Trinajstić information content (AvgIpc) is 3.18. The van der Waals surface area contributed by atoms with Crippen LogP contribution in [0.4, 0.5) is 10.1 Å². The summed E-state index contributed by atoms with van der Waals surface area (Å²) in [6.45, 7) is 2.08. The van der Waals surface area contributed by atoms with E-state index in [0.717, 1.165) is 16.7 Å². The van der Waals surface area contributed by atoms with Gasteiger partial charge in [0.05, 0.1) is 11.5 Å². The lowest BCUT2D eigenvalue weighted by Gasteiger charge is -2.07. The minimum Gasteiger partial charge on any atom is -0.463 e. The van der Waals surface area contributed by atoms with Gasteiger partial charge >= 0.3 is 5.97 Å². The number of carbonyl (C=O) groups is 2. The summed E-state index contributed by atoms with van der Waals surface area (Å²) < 4.78 is 18.0. The van der Waals surface area contributed by atoms with Gasteiger partial charge in [-0.05, 0) is 59.8 Å². The van der Waals surface area contributed by atoms with Crippen LogP contribution in [0.2, 0.25) is 0 Å². The third kappa shape index (κ3) is 4.92. The number of esters is 1. The molecule has 0 aliphatic rings. The molecule has 3 aromatic rings. The molecule has 28 heavy (non-hydrogen) atoms. The number of carbonyl (C=O) groups excluding carboxylic acids is 2. The number of thiophene rings is 1. The van der Waals surface area contributed by atoms with Gasteiger partial charge in [0.1, 0.15) is 5.82 Å². The Bertz CT molecular complexity index is 991. The molecular formula is C22H18FNO3S. The van der Waals surface area contributed by atoms with Crippen LogP contribution in [0.5, 0.6) is 0 Å². The Hall–Kier alpha value is -3.25. The van der Waals surface area contributed by atoms with Crippen LogP contribution in [0.15, 0.2) is 66.1 Å². The van der Waals surface area contributed by atoms with Crippen LogP contribution >= 0.6 is 11.3 Å². The third-order valence-electron chi connectivity index (χ3n) is 3.89. The second kappa shape index (κ2) is 9.10. The Kier molecular flexibility index (Phi) is 6.34. The van der Waals surface area contributed by atoms with Crippen LogP contribution in [-0.2, 0) is 9.53 Å². The number of anilines is 1. The van der Waals surface area contributed by atoms with Crippen LogP contribution in [0.25, 0.3) is 17.2 Å². The number of amides is 1. The van der Waals surface area contributed by atoms with Crippen LogP contribution in [-0.4, -0.2) is 18.5 Å². The van der Waals surface area contributed by atoms with E-state index in [9.17, 15) is 14.0 Å². The minimum atomic E-state index is -0.397. The highest BCUT2D eigenvalue weighted by Gasteiger charge is 2.15. The first kappa shape index (κ1) is 19.5. The van der Waals surface area contributed by atoms with E-state index in [1.165, 1.54) is 29.5 Å². The van der Waals surface area contributed by atoms with Crippen LogP contribution in [0.1, 0.15) is 22.2 Å². The Balaban J connectivity index is 1.70. The summed E-state index contributed by atoms with van der Waals surface area (Å²) in [5.74, 6) is -0.947. The fraction of sp³-hybridized carbons (Fsp3) is 0.0909. The zero-order valence-electron chi connectivity index (χ0n) is 15.1. The summed E-state index contributed by atoms with van der Waals surface area (Å²) in [4.78, 5) is 24.6. The topological polar surface area (TPSA) is 55.4 Å². The molecule has 6 heteroatoms. The summed E-state index contributed by atoms with van der Waals surface area (Å²) in [6.07, 6.45) is 3.01. The number of benzene rings is 2. The summed E-state index contributed by atoms with van der Waals surface area (Å²) in [5, 5.41) is 4.69. The van der Waals surface area contributed by atoms with Crippen molar-refractivity contribution in [1.82, 2.24) is 0 Å². The maximum Gasteiger partial charge on any atom is 0.330 e. The molecule has 142 valence electrons. The fourth-order valence-electron chi connectivity index (χ4n) is 2.56. The molecule has 1 N–H and O–H groups in total. The fourth-order valence-corrected chi connectivity index (χ4v) is 3.37. The maximum atomic E-state index is 13.1. The first-order valence-corrected chi connectivity index (χ1v) is 9.54. The van der Waals surface area contributed by atoms with Gasteiger partial charge < -0.3 is 10.1 Å². The van der Waals surface area contributed by atoms with Crippen molar-refractivity contribution >= 4 is 35.0 Å². The van der Waals surface area contributed by atoms with Gasteiger partial charge in [-0.25, -0.2) is 9.18 Å². The van der Waals surface area contributed by atoms with Crippen molar-refractivity contribution < 1.29 is 18.7 Å². The molecule has 0 radical (unpaired) electrons. The molecule has 1 aromatic heterocycles. The van der Waals surface area contributed by atoms with Gasteiger partial charge in [0.2, 0.25) is 0 Å². The molecule has 0 fully saturated rings. The molecule has 0 aliphatic carbocycles. The SMILES string of the molecule is CCOC(=O)C=Cc1ccc(NC(=O)c2sccc2-c2ccc(F)cc2)cc1. The first-order chi connectivity index (χ1) is 13.6. The predicted molar refractivity (Wildman–Crippen MR) is 110 cm³/mol. The number of ether oxygens (including phenoxy) is 1. The standard InChI is InChI=1S/C22H18FNO3S/c1-2-27-20(25)12-5-15-3-10-18(11-4-15)24-22(26)21-19(13-14-28-21)16-6-8-17(23)9-7-16/h3-14H,2H2,1H3,(H,24,26). The third-order valence-corrected chi connectivity index (χ3v) is 4.81. The molecular weight excluding hydrogens is 377 g/mol. The molecule has 1 amide bonds. The maximum absolute atomic E-state index is 13.1. The molecule has 0 unspecified atom stereocenters. The van der Waals surface area contributed by atoms with Gasteiger partial charge in [-0.2, -0.15) is 0 Å². The van der Waals surface area contributed by atoms with Gasteiger partial charge in [0.25, 0.3) is 5.91 Å². The van der Waals surface area contributed by atoms with E-state index in [4.69, 9.17) is 4.74 Å². The van der Waals surface area contributed by atoms with Crippen molar-refractivity contribution in [3.05, 3.63) is 82.3 Å². The largest absolute Gasteiger partial charge is 0.463 e. The molecule has 0 bridgehead atoms. The van der Waals surface area contributed by atoms with Gasteiger partial charge in [-0.3, -0.25) is 4.79 Å². The molecule has 0 saturated carbocycles. The second-order valence-electron chi connectivity index (χ2n) is 5.83. The Morgan fingerprint density at radius 1 is 1.07 bits per heavy atom. The van der Waals surface area contributed by atoms with Gasteiger partial charge in [0.15, 0.2) is 0 Å². The normalized spacial score (nSPS) is 10.8. The number of hydrogen-bond donors (Lipinski definition) is 1. The molecule has 3 rings (SSSR count).